The number of nitrogens with zero attached hydrogens (tertiary/aromatic N) is 3. The minimum absolute atomic E-state index is 0.461. The van der Waals surface area contributed by atoms with Crippen LogP contribution in [-0.2, 0) is 0 Å². The lowest BCUT2D eigenvalue weighted by Crippen LogP contribution is -1.96. The highest BCUT2D eigenvalue weighted by Crippen LogP contribution is 2.26. The lowest BCUT2D eigenvalue weighted by atomic mass is 10.2. The fraction of sp³-hybridized carbons (Fsp3) is 0.143. The molecule has 3 rings (SSSR count). The number of benzene rings is 1. The van der Waals surface area contributed by atoms with E-state index in [9.17, 15) is 0 Å². The van der Waals surface area contributed by atoms with Crippen LogP contribution in [0.2, 0.25) is 5.15 Å². The van der Waals surface area contributed by atoms with Crippen LogP contribution in [0.4, 0.5) is 0 Å². The summed E-state index contributed by atoms with van der Waals surface area (Å²) in [4.78, 5) is 8.26. The van der Waals surface area contributed by atoms with Gasteiger partial charge in [0.05, 0.1) is 18.2 Å². The normalized spacial score (nSPS) is 10.9. The van der Waals surface area contributed by atoms with Crippen LogP contribution in [0, 0.1) is 6.92 Å². The molecule has 0 N–H and O–H groups in total. The smallest absolute Gasteiger partial charge is 0.149 e. The minimum Gasteiger partial charge on any atom is -0.496 e. The van der Waals surface area contributed by atoms with Crippen LogP contribution in [0.5, 0.6) is 5.75 Å². The van der Waals surface area contributed by atoms with E-state index in [4.69, 9.17) is 16.3 Å². The Morgan fingerprint density at radius 2 is 2.05 bits per heavy atom. The molecule has 0 fully saturated rings. The van der Waals surface area contributed by atoms with Crippen molar-refractivity contribution in [2.45, 2.75) is 6.92 Å². The van der Waals surface area contributed by atoms with Crippen LogP contribution in [0.1, 0.15) is 5.56 Å². The van der Waals surface area contributed by atoms with Gasteiger partial charge in [-0.25, -0.2) is 9.97 Å². The molecule has 19 heavy (non-hydrogen) atoms. The quantitative estimate of drug-likeness (QED) is 0.672. The van der Waals surface area contributed by atoms with E-state index in [1.165, 1.54) is 6.33 Å². The molecule has 1 aromatic carbocycles. The third-order valence-corrected chi connectivity index (χ3v) is 3.40. The Balaban J connectivity index is 2.22. The number of hydrogen-bond acceptors (Lipinski definition) is 3. The molecule has 0 saturated carbocycles. The first kappa shape index (κ1) is 12.0. The maximum Gasteiger partial charge on any atom is 0.149 e. The third-order valence-electron chi connectivity index (χ3n) is 3.10. The first-order chi connectivity index (χ1) is 9.20. The second-order valence-electron chi connectivity index (χ2n) is 4.24. The number of aryl methyl sites for hydroxylation is 1. The summed E-state index contributed by atoms with van der Waals surface area (Å²) in [5.74, 6) is 0.847. The number of rotatable bonds is 2. The van der Waals surface area contributed by atoms with Gasteiger partial charge < -0.3 is 9.30 Å². The van der Waals surface area contributed by atoms with Crippen molar-refractivity contribution < 1.29 is 4.74 Å². The monoisotopic (exact) mass is 273 g/mol. The van der Waals surface area contributed by atoms with E-state index in [0.29, 0.717) is 5.15 Å². The second kappa shape index (κ2) is 4.55. The number of hydrogen-bond donors (Lipinski definition) is 0. The van der Waals surface area contributed by atoms with Crippen molar-refractivity contribution in [3.8, 4) is 11.4 Å². The van der Waals surface area contributed by atoms with E-state index in [-0.39, 0.29) is 0 Å². The predicted molar refractivity (Wildman–Crippen MR) is 75.2 cm³/mol. The molecular weight excluding hydrogens is 262 g/mol. The van der Waals surface area contributed by atoms with Crippen LogP contribution < -0.4 is 4.74 Å². The van der Waals surface area contributed by atoms with E-state index in [0.717, 1.165) is 28.0 Å². The number of aromatic nitrogens is 3. The van der Waals surface area contributed by atoms with Crippen molar-refractivity contribution in [1.29, 1.82) is 0 Å². The summed E-state index contributed by atoms with van der Waals surface area (Å²) < 4.78 is 7.31. The first-order valence-corrected chi connectivity index (χ1v) is 6.21. The van der Waals surface area contributed by atoms with Crippen molar-refractivity contribution in [2.24, 2.45) is 0 Å². The maximum absolute atomic E-state index is 6.05. The third kappa shape index (κ3) is 1.94. The molecule has 2 heterocycles. The lowest BCUT2D eigenvalue weighted by molar-refractivity contribution is 0.411. The molecule has 5 heteroatoms. The molecule has 0 atom stereocenters. The Kier molecular flexibility index (Phi) is 2.87. The summed E-state index contributed by atoms with van der Waals surface area (Å²) in [5, 5.41) is 1.30. The van der Waals surface area contributed by atoms with E-state index < -0.39 is 0 Å². The summed E-state index contributed by atoms with van der Waals surface area (Å²) in [6, 6.07) is 7.92. The lowest BCUT2D eigenvalue weighted by Gasteiger charge is -2.09. The van der Waals surface area contributed by atoms with Gasteiger partial charge in [-0.05, 0) is 24.6 Å². The molecule has 0 aliphatic rings. The van der Waals surface area contributed by atoms with Gasteiger partial charge in [0.25, 0.3) is 0 Å². The molecule has 0 saturated heterocycles. The fourth-order valence-corrected chi connectivity index (χ4v) is 2.28. The van der Waals surface area contributed by atoms with Gasteiger partial charge in [0.2, 0.25) is 0 Å². The molecular formula is C14H12ClN3O. The van der Waals surface area contributed by atoms with Gasteiger partial charge >= 0.3 is 0 Å². The average Bonchev–Trinajstić information content (AvgIpc) is 2.85. The topological polar surface area (TPSA) is 39.9 Å². The molecule has 0 aliphatic heterocycles. The van der Waals surface area contributed by atoms with Gasteiger partial charge in [0, 0.05) is 12.3 Å². The molecule has 96 valence electrons. The highest BCUT2D eigenvalue weighted by atomic mass is 35.5. The van der Waals surface area contributed by atoms with Crippen LogP contribution in [0.3, 0.4) is 0 Å². The van der Waals surface area contributed by atoms with E-state index >= 15 is 0 Å². The number of halogens is 1. The predicted octanol–water partition coefficient (Wildman–Crippen LogP) is 3.39. The summed E-state index contributed by atoms with van der Waals surface area (Å²) in [5.41, 5.74) is 2.86. The second-order valence-corrected chi connectivity index (χ2v) is 4.60. The van der Waals surface area contributed by atoms with Gasteiger partial charge in [-0.2, -0.15) is 0 Å². The molecule has 3 aromatic rings. The van der Waals surface area contributed by atoms with E-state index in [1.807, 2.05) is 42.0 Å². The molecule has 0 aliphatic carbocycles. The van der Waals surface area contributed by atoms with Crippen LogP contribution in [0.25, 0.3) is 16.7 Å². The highest BCUT2D eigenvalue weighted by molar-refractivity contribution is 6.33. The zero-order valence-electron chi connectivity index (χ0n) is 10.6. The largest absolute Gasteiger partial charge is 0.496 e. The molecule has 0 unspecified atom stereocenters. The van der Waals surface area contributed by atoms with Gasteiger partial charge in [0.15, 0.2) is 0 Å². The summed E-state index contributed by atoms with van der Waals surface area (Å²) in [7, 11) is 1.67. The summed E-state index contributed by atoms with van der Waals surface area (Å²) in [6.07, 6.45) is 3.39. The molecule has 4 nitrogen and oxygen atoms in total. The van der Waals surface area contributed by atoms with Crippen LogP contribution >= 0.6 is 11.6 Å². The number of fused-ring (bicyclic) bond motifs is 1. The van der Waals surface area contributed by atoms with Crippen LogP contribution in [-0.4, -0.2) is 21.6 Å². The molecule has 0 amide bonds. The number of ether oxygens (including phenoxy) is 1. The molecule has 0 bridgehead atoms. The van der Waals surface area contributed by atoms with Gasteiger partial charge in [-0.1, -0.05) is 17.7 Å². The Hall–Kier alpha value is -2.07. The fourth-order valence-electron chi connectivity index (χ4n) is 2.09. The van der Waals surface area contributed by atoms with E-state index in [1.54, 1.807) is 7.11 Å². The number of methoxy groups -OCH3 is 1. The van der Waals surface area contributed by atoms with Gasteiger partial charge in [-0.3, -0.25) is 0 Å². The molecule has 0 radical (unpaired) electrons. The van der Waals surface area contributed by atoms with Crippen molar-refractivity contribution in [1.82, 2.24) is 14.5 Å². The average molecular weight is 274 g/mol. The van der Waals surface area contributed by atoms with Gasteiger partial charge in [-0.15, -0.1) is 0 Å². The van der Waals surface area contributed by atoms with Crippen molar-refractivity contribution >= 4 is 22.6 Å². The Morgan fingerprint density at radius 3 is 2.84 bits per heavy atom. The van der Waals surface area contributed by atoms with Crippen molar-refractivity contribution in [2.75, 3.05) is 7.11 Å². The van der Waals surface area contributed by atoms with Gasteiger partial charge in [0.1, 0.15) is 22.9 Å². The summed E-state index contributed by atoms with van der Waals surface area (Å²) in [6.45, 7) is 2.01. The zero-order chi connectivity index (χ0) is 13.4. The maximum atomic E-state index is 6.05. The zero-order valence-corrected chi connectivity index (χ0v) is 11.3. The van der Waals surface area contributed by atoms with Crippen molar-refractivity contribution in [3.05, 3.63) is 47.5 Å². The SMILES string of the molecule is COc1cc(-n2ccc3c(Cl)ncnc32)ccc1C. The Labute approximate surface area is 115 Å². The summed E-state index contributed by atoms with van der Waals surface area (Å²) >= 11 is 6.05. The van der Waals surface area contributed by atoms with Crippen molar-refractivity contribution in [3.63, 3.8) is 0 Å². The first-order valence-electron chi connectivity index (χ1n) is 5.83. The van der Waals surface area contributed by atoms with E-state index in [2.05, 4.69) is 9.97 Å². The Morgan fingerprint density at radius 1 is 1.21 bits per heavy atom. The highest BCUT2D eigenvalue weighted by Gasteiger charge is 2.09. The standard InChI is InChI=1S/C14H12ClN3O/c1-9-3-4-10(7-12(9)19-2)18-6-5-11-13(15)16-8-17-14(11)18/h3-8H,1-2H3. The Bertz CT molecular complexity index is 752. The molecule has 2 aromatic heterocycles. The molecule has 0 spiro atoms. The minimum atomic E-state index is 0.461. The van der Waals surface area contributed by atoms with Crippen LogP contribution in [0.15, 0.2) is 36.8 Å².